The van der Waals surface area contributed by atoms with E-state index in [1.54, 1.807) is 17.8 Å². The first-order chi connectivity index (χ1) is 11.0. The number of carbonyl (C=O) groups is 1. The molecule has 0 saturated heterocycles. The van der Waals surface area contributed by atoms with Gasteiger partial charge in [0.2, 0.25) is 0 Å². The Hall–Kier alpha value is -1.30. The quantitative estimate of drug-likeness (QED) is 0.428. The molecule has 116 valence electrons. The highest BCUT2D eigenvalue weighted by Crippen LogP contribution is 2.38. The molecule has 0 spiro atoms. The van der Waals surface area contributed by atoms with E-state index in [2.05, 4.69) is 49.4 Å². The summed E-state index contributed by atoms with van der Waals surface area (Å²) in [4.78, 5) is 14.4. The maximum Gasteiger partial charge on any atom is 0.188 e. The zero-order valence-electron chi connectivity index (χ0n) is 12.3. The smallest absolute Gasteiger partial charge is 0.188 e. The average molecular weight is 451 g/mol. The highest BCUT2D eigenvalue weighted by Gasteiger charge is 2.20. The Labute approximate surface area is 156 Å². The molecule has 0 aromatic heterocycles. The zero-order valence-corrected chi connectivity index (χ0v) is 16.3. The van der Waals surface area contributed by atoms with Crippen LogP contribution < -0.4 is 0 Å². The number of thioether (sulfide) groups is 1. The fourth-order valence-electron chi connectivity index (χ4n) is 2.22. The van der Waals surface area contributed by atoms with Crippen LogP contribution in [0.1, 0.15) is 15.9 Å². The minimum absolute atomic E-state index is 0.0114. The molecule has 23 heavy (non-hydrogen) atoms. The lowest BCUT2D eigenvalue weighted by Crippen LogP contribution is -2.11. The van der Waals surface area contributed by atoms with Crippen LogP contribution in [0.4, 0.5) is 0 Å². The molecule has 0 saturated carbocycles. The molecule has 0 N–H and O–H groups in total. The molecule has 2 nitrogen and oxygen atoms in total. The molecule has 0 aliphatic carbocycles. The summed E-state index contributed by atoms with van der Waals surface area (Å²) in [6.07, 6.45) is 1.69. The average Bonchev–Trinajstić information content (AvgIpc) is 2.90. The topological polar surface area (TPSA) is 20.3 Å². The van der Waals surface area contributed by atoms with Crippen LogP contribution in [0.25, 0.3) is 5.70 Å². The minimum Gasteiger partial charge on any atom is -0.338 e. The van der Waals surface area contributed by atoms with Crippen molar-refractivity contribution in [2.45, 2.75) is 0 Å². The summed E-state index contributed by atoms with van der Waals surface area (Å²) in [7, 11) is 1.98. The largest absolute Gasteiger partial charge is 0.338 e. The maximum atomic E-state index is 12.4. The molecule has 0 atom stereocenters. The number of benzene rings is 2. The van der Waals surface area contributed by atoms with Crippen LogP contribution in [-0.4, -0.2) is 17.7 Å². The Morgan fingerprint density at radius 2 is 1.57 bits per heavy atom. The van der Waals surface area contributed by atoms with Gasteiger partial charge in [-0.25, -0.2) is 0 Å². The summed E-state index contributed by atoms with van der Waals surface area (Å²) in [6, 6.07) is 15.6. The van der Waals surface area contributed by atoms with Crippen molar-refractivity contribution >= 4 is 55.1 Å². The van der Waals surface area contributed by atoms with Crippen molar-refractivity contribution in [2.75, 3.05) is 7.05 Å². The van der Waals surface area contributed by atoms with Crippen LogP contribution in [0, 0.1) is 0 Å². The fraction of sp³-hybridized carbons (Fsp3) is 0.0556. The standard InChI is InChI=1S/C18H13Br2NOS/c1-21-16(12-2-6-14(19)7-3-12)11-23-18(21)10-17(22)13-4-8-15(20)9-5-13/h2-11H,1H3/b18-10-. The minimum atomic E-state index is 0.0114. The number of hydrogen-bond donors (Lipinski definition) is 0. The van der Waals surface area contributed by atoms with E-state index in [0.717, 1.165) is 25.2 Å². The third kappa shape index (κ3) is 3.79. The Balaban J connectivity index is 1.79. The highest BCUT2D eigenvalue weighted by molar-refractivity contribution is 9.10. The van der Waals surface area contributed by atoms with Gasteiger partial charge in [0, 0.05) is 33.0 Å². The van der Waals surface area contributed by atoms with Crippen molar-refractivity contribution in [2.24, 2.45) is 0 Å². The summed E-state index contributed by atoms with van der Waals surface area (Å²) in [5.74, 6) is 0.0114. The molecule has 2 aromatic rings. The number of ketones is 1. The van der Waals surface area contributed by atoms with E-state index < -0.39 is 0 Å². The molecule has 0 radical (unpaired) electrons. The fourth-order valence-corrected chi connectivity index (χ4v) is 3.70. The van der Waals surface area contributed by atoms with E-state index in [0.29, 0.717) is 5.56 Å². The van der Waals surface area contributed by atoms with E-state index in [1.165, 1.54) is 0 Å². The molecule has 1 aliphatic rings. The molecule has 0 amide bonds. The third-order valence-electron chi connectivity index (χ3n) is 3.51. The van der Waals surface area contributed by atoms with E-state index >= 15 is 0 Å². The van der Waals surface area contributed by atoms with Crippen LogP contribution in [-0.2, 0) is 0 Å². The molecule has 5 heteroatoms. The predicted molar refractivity (Wildman–Crippen MR) is 104 cm³/mol. The van der Waals surface area contributed by atoms with Crippen molar-refractivity contribution in [3.05, 3.63) is 85.1 Å². The van der Waals surface area contributed by atoms with Crippen LogP contribution in [0.15, 0.2) is 74.0 Å². The first kappa shape index (κ1) is 16.6. The Kier molecular flexibility index (Phi) is 5.09. The number of rotatable bonds is 3. The second-order valence-corrected chi connectivity index (χ2v) is 7.76. The van der Waals surface area contributed by atoms with Crippen molar-refractivity contribution in [3.63, 3.8) is 0 Å². The highest BCUT2D eigenvalue weighted by atomic mass is 79.9. The number of allylic oxidation sites excluding steroid dienone is 1. The molecule has 0 bridgehead atoms. The van der Waals surface area contributed by atoms with Gasteiger partial charge in [0.05, 0.1) is 10.7 Å². The van der Waals surface area contributed by atoms with E-state index in [-0.39, 0.29) is 5.78 Å². The Morgan fingerprint density at radius 3 is 2.17 bits per heavy atom. The van der Waals surface area contributed by atoms with Gasteiger partial charge in [-0.2, -0.15) is 0 Å². The predicted octanol–water partition coefficient (Wildman–Crippen LogP) is 5.91. The maximum absolute atomic E-state index is 12.4. The summed E-state index contributed by atoms with van der Waals surface area (Å²) < 4.78 is 2.02. The lowest BCUT2D eigenvalue weighted by atomic mass is 10.1. The van der Waals surface area contributed by atoms with Gasteiger partial charge in [-0.1, -0.05) is 55.8 Å². The van der Waals surface area contributed by atoms with Gasteiger partial charge >= 0.3 is 0 Å². The summed E-state index contributed by atoms with van der Waals surface area (Å²) in [5, 5.41) is 3.00. The molecular formula is C18H13Br2NOS. The summed E-state index contributed by atoms with van der Waals surface area (Å²) in [5.41, 5.74) is 2.91. The van der Waals surface area contributed by atoms with Crippen molar-refractivity contribution < 1.29 is 4.79 Å². The lowest BCUT2D eigenvalue weighted by Gasteiger charge is -2.17. The molecule has 1 aliphatic heterocycles. The Bertz CT molecular complexity index is 795. The van der Waals surface area contributed by atoms with Gasteiger partial charge in [-0.15, -0.1) is 0 Å². The van der Waals surface area contributed by atoms with Gasteiger partial charge in [0.15, 0.2) is 5.78 Å². The monoisotopic (exact) mass is 449 g/mol. The van der Waals surface area contributed by atoms with Crippen molar-refractivity contribution in [1.82, 2.24) is 4.90 Å². The van der Waals surface area contributed by atoms with Gasteiger partial charge in [0.1, 0.15) is 0 Å². The molecule has 1 heterocycles. The molecule has 3 rings (SSSR count). The van der Waals surface area contributed by atoms with E-state index in [9.17, 15) is 4.79 Å². The van der Waals surface area contributed by atoms with E-state index in [1.807, 2.05) is 48.3 Å². The normalized spacial score (nSPS) is 15.9. The SMILES string of the molecule is CN1C(c2ccc(Br)cc2)=CS/C1=C\C(=O)c1ccc(Br)cc1. The molecular weight excluding hydrogens is 438 g/mol. The number of hydrogen-bond acceptors (Lipinski definition) is 3. The molecule has 0 unspecified atom stereocenters. The first-order valence-electron chi connectivity index (χ1n) is 6.93. The lowest BCUT2D eigenvalue weighted by molar-refractivity contribution is 0.104. The van der Waals surface area contributed by atoms with Crippen LogP contribution in [0.3, 0.4) is 0 Å². The van der Waals surface area contributed by atoms with Crippen LogP contribution in [0.2, 0.25) is 0 Å². The molecule has 2 aromatic carbocycles. The van der Waals surface area contributed by atoms with Gasteiger partial charge < -0.3 is 4.90 Å². The first-order valence-corrected chi connectivity index (χ1v) is 9.39. The van der Waals surface area contributed by atoms with Gasteiger partial charge in [0.25, 0.3) is 0 Å². The number of halogens is 2. The van der Waals surface area contributed by atoms with E-state index in [4.69, 9.17) is 0 Å². The summed E-state index contributed by atoms with van der Waals surface area (Å²) in [6.45, 7) is 0. The van der Waals surface area contributed by atoms with Crippen LogP contribution in [0.5, 0.6) is 0 Å². The van der Waals surface area contributed by atoms with Crippen molar-refractivity contribution in [3.8, 4) is 0 Å². The zero-order chi connectivity index (χ0) is 16.4. The number of nitrogens with zero attached hydrogens (tertiary/aromatic N) is 1. The van der Waals surface area contributed by atoms with Crippen LogP contribution >= 0.6 is 43.6 Å². The molecule has 0 fully saturated rings. The second kappa shape index (κ2) is 7.07. The van der Waals surface area contributed by atoms with Crippen molar-refractivity contribution in [1.29, 1.82) is 0 Å². The van der Waals surface area contributed by atoms with Gasteiger partial charge in [-0.05, 0) is 42.0 Å². The van der Waals surface area contributed by atoms with Gasteiger partial charge in [-0.3, -0.25) is 4.79 Å². The third-order valence-corrected chi connectivity index (χ3v) is 5.54. The summed E-state index contributed by atoms with van der Waals surface area (Å²) >= 11 is 8.39. The Morgan fingerprint density at radius 1 is 1.00 bits per heavy atom. The number of carbonyl (C=O) groups excluding carboxylic acids is 1. The second-order valence-electron chi connectivity index (χ2n) is 5.04.